The van der Waals surface area contributed by atoms with Gasteiger partial charge >= 0.3 is 0 Å². The van der Waals surface area contributed by atoms with E-state index in [0.29, 0.717) is 25.4 Å². The SMILES string of the molecule is O=C(c1cnccn1)N1CCO[C@@H](c2ccn[nH]2)C1. The molecule has 0 radical (unpaired) electrons. The molecule has 1 aliphatic heterocycles. The lowest BCUT2D eigenvalue weighted by Crippen LogP contribution is -2.42. The van der Waals surface area contributed by atoms with Gasteiger partial charge < -0.3 is 9.64 Å². The van der Waals surface area contributed by atoms with E-state index < -0.39 is 0 Å². The van der Waals surface area contributed by atoms with Gasteiger partial charge in [0.25, 0.3) is 5.91 Å². The molecule has 3 rings (SSSR count). The van der Waals surface area contributed by atoms with E-state index in [2.05, 4.69) is 20.2 Å². The molecule has 0 saturated carbocycles. The van der Waals surface area contributed by atoms with Gasteiger partial charge in [-0.3, -0.25) is 14.9 Å². The van der Waals surface area contributed by atoms with Gasteiger partial charge in [0.15, 0.2) is 0 Å². The summed E-state index contributed by atoms with van der Waals surface area (Å²) in [5, 5.41) is 6.76. The maximum absolute atomic E-state index is 12.3. The molecule has 1 aliphatic rings. The lowest BCUT2D eigenvalue weighted by Gasteiger charge is -2.32. The minimum atomic E-state index is -0.170. The van der Waals surface area contributed by atoms with Crippen LogP contribution in [0.2, 0.25) is 0 Å². The van der Waals surface area contributed by atoms with Crippen molar-refractivity contribution in [1.82, 2.24) is 25.1 Å². The van der Waals surface area contributed by atoms with Crippen molar-refractivity contribution < 1.29 is 9.53 Å². The molecule has 2 aromatic heterocycles. The Kier molecular flexibility index (Phi) is 3.20. The number of nitrogens with zero attached hydrogens (tertiary/aromatic N) is 4. The molecule has 1 saturated heterocycles. The van der Waals surface area contributed by atoms with Gasteiger partial charge in [-0.05, 0) is 6.07 Å². The molecule has 0 bridgehead atoms. The van der Waals surface area contributed by atoms with Crippen LogP contribution in [0, 0.1) is 0 Å². The second-order valence-electron chi connectivity index (χ2n) is 4.21. The fourth-order valence-corrected chi connectivity index (χ4v) is 2.04. The predicted octanol–water partition coefficient (Wildman–Crippen LogP) is 0.413. The lowest BCUT2D eigenvalue weighted by atomic mass is 10.2. The first-order chi connectivity index (χ1) is 9.34. The highest BCUT2D eigenvalue weighted by molar-refractivity contribution is 5.92. The second kappa shape index (κ2) is 5.15. The van der Waals surface area contributed by atoms with Crippen LogP contribution >= 0.6 is 0 Å². The molecule has 1 fully saturated rings. The maximum Gasteiger partial charge on any atom is 0.274 e. The molecule has 98 valence electrons. The van der Waals surface area contributed by atoms with Crippen molar-refractivity contribution >= 4 is 5.91 Å². The Morgan fingerprint density at radius 1 is 1.42 bits per heavy atom. The minimum Gasteiger partial charge on any atom is -0.368 e. The van der Waals surface area contributed by atoms with Crippen molar-refractivity contribution in [2.75, 3.05) is 19.7 Å². The number of ether oxygens (including phenoxy) is 1. The zero-order valence-corrected chi connectivity index (χ0v) is 10.2. The van der Waals surface area contributed by atoms with Crippen molar-refractivity contribution in [2.45, 2.75) is 6.10 Å². The number of rotatable bonds is 2. The molecule has 7 nitrogen and oxygen atoms in total. The van der Waals surface area contributed by atoms with Gasteiger partial charge in [0.05, 0.1) is 25.0 Å². The van der Waals surface area contributed by atoms with Crippen molar-refractivity contribution in [1.29, 1.82) is 0 Å². The Morgan fingerprint density at radius 2 is 2.37 bits per heavy atom. The Balaban J connectivity index is 1.73. The zero-order chi connectivity index (χ0) is 13.1. The summed E-state index contributed by atoms with van der Waals surface area (Å²) < 4.78 is 5.64. The van der Waals surface area contributed by atoms with Crippen LogP contribution in [0.4, 0.5) is 0 Å². The van der Waals surface area contributed by atoms with E-state index in [0.717, 1.165) is 5.69 Å². The maximum atomic E-state index is 12.3. The smallest absolute Gasteiger partial charge is 0.274 e. The summed E-state index contributed by atoms with van der Waals surface area (Å²) >= 11 is 0. The molecular weight excluding hydrogens is 246 g/mol. The Morgan fingerprint density at radius 3 is 3.11 bits per heavy atom. The van der Waals surface area contributed by atoms with Crippen LogP contribution in [0.5, 0.6) is 0 Å². The number of hydrogen-bond donors (Lipinski definition) is 1. The molecule has 1 N–H and O–H groups in total. The van der Waals surface area contributed by atoms with Gasteiger partial charge in [-0.1, -0.05) is 0 Å². The quantitative estimate of drug-likeness (QED) is 0.844. The average Bonchev–Trinajstić information content (AvgIpc) is 3.02. The number of carbonyl (C=O) groups is 1. The van der Waals surface area contributed by atoms with E-state index in [4.69, 9.17) is 4.74 Å². The number of carbonyl (C=O) groups excluding carboxylic acids is 1. The molecule has 0 spiro atoms. The zero-order valence-electron chi connectivity index (χ0n) is 10.2. The number of H-pyrrole nitrogens is 1. The Bertz CT molecular complexity index is 543. The summed E-state index contributed by atoms with van der Waals surface area (Å²) in [5.41, 5.74) is 1.23. The fraction of sp³-hybridized carbons (Fsp3) is 0.333. The predicted molar refractivity (Wildman–Crippen MR) is 65.2 cm³/mol. The molecule has 1 atom stereocenters. The number of amides is 1. The highest BCUT2D eigenvalue weighted by Crippen LogP contribution is 2.20. The molecular formula is C12H13N5O2. The van der Waals surface area contributed by atoms with Gasteiger partial charge in [0.2, 0.25) is 0 Å². The van der Waals surface area contributed by atoms with Crippen molar-refractivity contribution in [3.05, 3.63) is 42.2 Å². The highest BCUT2D eigenvalue weighted by atomic mass is 16.5. The van der Waals surface area contributed by atoms with E-state index in [1.165, 1.54) is 12.4 Å². The van der Waals surface area contributed by atoms with Crippen molar-refractivity contribution in [3.63, 3.8) is 0 Å². The molecule has 7 heteroatoms. The molecule has 0 aliphatic carbocycles. The molecule has 19 heavy (non-hydrogen) atoms. The van der Waals surface area contributed by atoms with Crippen LogP contribution in [0.25, 0.3) is 0 Å². The monoisotopic (exact) mass is 259 g/mol. The minimum absolute atomic E-state index is 0.124. The third-order valence-corrected chi connectivity index (χ3v) is 3.01. The topological polar surface area (TPSA) is 84.0 Å². The van der Waals surface area contributed by atoms with Crippen LogP contribution in [-0.2, 0) is 4.74 Å². The third-order valence-electron chi connectivity index (χ3n) is 3.01. The van der Waals surface area contributed by atoms with Crippen LogP contribution in [0.15, 0.2) is 30.9 Å². The largest absolute Gasteiger partial charge is 0.368 e. The number of aromatic nitrogens is 4. The van der Waals surface area contributed by atoms with Gasteiger partial charge in [-0.15, -0.1) is 0 Å². The molecule has 3 heterocycles. The van der Waals surface area contributed by atoms with Crippen molar-refractivity contribution in [3.8, 4) is 0 Å². The van der Waals surface area contributed by atoms with Crippen molar-refractivity contribution in [2.24, 2.45) is 0 Å². The summed E-state index contributed by atoms with van der Waals surface area (Å²) in [6.45, 7) is 1.54. The van der Waals surface area contributed by atoms with Gasteiger partial charge in [-0.25, -0.2) is 4.98 Å². The number of aromatic amines is 1. The number of hydrogen-bond acceptors (Lipinski definition) is 5. The van der Waals surface area contributed by atoms with E-state index in [1.54, 1.807) is 17.3 Å². The molecule has 1 amide bonds. The highest BCUT2D eigenvalue weighted by Gasteiger charge is 2.27. The molecule has 2 aromatic rings. The van der Waals surface area contributed by atoms with E-state index in [1.807, 2.05) is 6.07 Å². The van der Waals surface area contributed by atoms with Crippen LogP contribution in [0.1, 0.15) is 22.3 Å². The van der Waals surface area contributed by atoms with E-state index in [-0.39, 0.29) is 12.0 Å². The summed E-state index contributed by atoms with van der Waals surface area (Å²) in [6.07, 6.45) is 6.03. The number of nitrogens with one attached hydrogen (secondary N) is 1. The summed E-state index contributed by atoms with van der Waals surface area (Å²) in [6, 6.07) is 1.85. The second-order valence-corrected chi connectivity index (χ2v) is 4.21. The average molecular weight is 259 g/mol. The summed E-state index contributed by atoms with van der Waals surface area (Å²) in [4.78, 5) is 21.9. The van der Waals surface area contributed by atoms with Crippen LogP contribution < -0.4 is 0 Å². The Labute approximate surface area is 109 Å². The van der Waals surface area contributed by atoms with Crippen LogP contribution in [0.3, 0.4) is 0 Å². The Hall–Kier alpha value is -2.28. The van der Waals surface area contributed by atoms with Crippen LogP contribution in [-0.4, -0.2) is 50.7 Å². The summed E-state index contributed by atoms with van der Waals surface area (Å²) in [5.74, 6) is -0.124. The van der Waals surface area contributed by atoms with Gasteiger partial charge in [0.1, 0.15) is 11.8 Å². The fourth-order valence-electron chi connectivity index (χ4n) is 2.04. The standard InChI is InChI=1S/C12H13N5O2/c18-12(10-7-13-3-4-14-10)17-5-6-19-11(8-17)9-1-2-15-16-9/h1-4,7,11H,5-6,8H2,(H,15,16)/t11-/m1/s1. The van der Waals surface area contributed by atoms with E-state index >= 15 is 0 Å². The summed E-state index contributed by atoms with van der Waals surface area (Å²) in [7, 11) is 0. The van der Waals surface area contributed by atoms with Gasteiger partial charge in [-0.2, -0.15) is 5.10 Å². The molecule has 0 unspecified atom stereocenters. The lowest BCUT2D eigenvalue weighted by molar-refractivity contribution is -0.0249. The first-order valence-electron chi connectivity index (χ1n) is 6.01. The van der Waals surface area contributed by atoms with E-state index in [9.17, 15) is 4.79 Å². The van der Waals surface area contributed by atoms with Gasteiger partial charge in [0, 0.05) is 25.1 Å². The first-order valence-corrected chi connectivity index (χ1v) is 6.01. The molecule has 0 aromatic carbocycles. The number of morpholine rings is 1. The third kappa shape index (κ3) is 2.45. The normalized spacial score (nSPS) is 19.4. The first kappa shape index (κ1) is 11.8.